The Hall–Kier alpha value is -2.56. The molecule has 0 bridgehead atoms. The van der Waals surface area contributed by atoms with Crippen LogP contribution in [0, 0.1) is 0 Å². The van der Waals surface area contributed by atoms with Gasteiger partial charge in [-0.2, -0.15) is 0 Å². The summed E-state index contributed by atoms with van der Waals surface area (Å²) in [6, 6.07) is 10.8. The number of methoxy groups -OCH3 is 1. The molecular weight excluding hydrogens is 278 g/mol. The topological polar surface area (TPSA) is 63.2 Å². The van der Waals surface area contributed by atoms with Gasteiger partial charge < -0.3 is 15.4 Å². The van der Waals surface area contributed by atoms with Crippen molar-refractivity contribution in [1.82, 2.24) is 4.98 Å². The van der Waals surface area contributed by atoms with Gasteiger partial charge in [-0.05, 0) is 30.7 Å². The van der Waals surface area contributed by atoms with Crippen molar-refractivity contribution in [2.45, 2.75) is 19.8 Å². The molecule has 5 heteroatoms. The van der Waals surface area contributed by atoms with Crippen LogP contribution in [0.4, 0.5) is 11.5 Å². The summed E-state index contributed by atoms with van der Waals surface area (Å²) in [5.41, 5.74) is 1.43. The lowest BCUT2D eigenvalue weighted by molar-refractivity contribution is 0.102. The predicted molar refractivity (Wildman–Crippen MR) is 88.6 cm³/mol. The summed E-state index contributed by atoms with van der Waals surface area (Å²) < 4.78 is 5.19. The Morgan fingerprint density at radius 2 is 2.05 bits per heavy atom. The van der Waals surface area contributed by atoms with Crippen LogP contribution in [-0.2, 0) is 0 Å². The maximum Gasteiger partial charge on any atom is 0.260 e. The van der Waals surface area contributed by atoms with E-state index in [-0.39, 0.29) is 5.91 Å². The van der Waals surface area contributed by atoms with Gasteiger partial charge in [-0.25, -0.2) is 4.98 Å². The molecule has 116 valence electrons. The molecule has 0 aliphatic carbocycles. The van der Waals surface area contributed by atoms with Crippen molar-refractivity contribution in [1.29, 1.82) is 0 Å². The first-order valence-electron chi connectivity index (χ1n) is 7.39. The van der Waals surface area contributed by atoms with E-state index in [1.54, 1.807) is 37.6 Å². The molecule has 1 aromatic heterocycles. The van der Waals surface area contributed by atoms with Gasteiger partial charge in [0.25, 0.3) is 5.91 Å². The van der Waals surface area contributed by atoms with Gasteiger partial charge >= 0.3 is 0 Å². The van der Waals surface area contributed by atoms with Crippen LogP contribution in [0.2, 0.25) is 0 Å². The predicted octanol–water partition coefficient (Wildman–Crippen LogP) is 3.55. The number of carbonyl (C=O) groups is 1. The van der Waals surface area contributed by atoms with Gasteiger partial charge in [0.1, 0.15) is 11.6 Å². The normalized spacial score (nSPS) is 10.1. The largest absolute Gasteiger partial charge is 0.496 e. The molecule has 0 saturated heterocycles. The molecule has 0 aliphatic rings. The lowest BCUT2D eigenvalue weighted by atomic mass is 10.2. The fourth-order valence-corrected chi connectivity index (χ4v) is 2.00. The van der Waals surface area contributed by atoms with E-state index >= 15 is 0 Å². The Kier molecular flexibility index (Phi) is 5.77. The average Bonchev–Trinajstić information content (AvgIpc) is 2.56. The fraction of sp³-hybridized carbons (Fsp3) is 0.294. The van der Waals surface area contributed by atoms with Gasteiger partial charge in [0, 0.05) is 6.54 Å². The van der Waals surface area contributed by atoms with E-state index < -0.39 is 0 Å². The zero-order chi connectivity index (χ0) is 15.8. The summed E-state index contributed by atoms with van der Waals surface area (Å²) in [6.07, 6.45) is 3.98. The van der Waals surface area contributed by atoms with E-state index in [0.717, 1.165) is 25.1 Å². The summed E-state index contributed by atoms with van der Waals surface area (Å²) in [5.74, 6) is 0.812. The Morgan fingerprint density at radius 1 is 1.23 bits per heavy atom. The van der Waals surface area contributed by atoms with Gasteiger partial charge in [0.05, 0.1) is 24.6 Å². The minimum atomic E-state index is -0.239. The van der Waals surface area contributed by atoms with Crippen LogP contribution >= 0.6 is 0 Å². The van der Waals surface area contributed by atoms with Crippen LogP contribution < -0.4 is 15.4 Å². The zero-order valence-electron chi connectivity index (χ0n) is 12.9. The van der Waals surface area contributed by atoms with Crippen LogP contribution in [0.3, 0.4) is 0 Å². The van der Waals surface area contributed by atoms with Gasteiger partial charge in [-0.3, -0.25) is 4.79 Å². The lowest BCUT2D eigenvalue weighted by Crippen LogP contribution is -2.14. The quantitative estimate of drug-likeness (QED) is 0.767. The number of hydrogen-bond acceptors (Lipinski definition) is 4. The molecule has 2 rings (SSSR count). The number of carbonyl (C=O) groups excluding carboxylic acids is 1. The van der Waals surface area contributed by atoms with Crippen molar-refractivity contribution in [3.05, 3.63) is 48.2 Å². The van der Waals surface area contributed by atoms with Gasteiger partial charge in [0.15, 0.2) is 0 Å². The molecule has 2 aromatic rings. The molecule has 5 nitrogen and oxygen atoms in total. The molecule has 0 saturated carbocycles. The van der Waals surface area contributed by atoms with Crippen molar-refractivity contribution in [2.75, 3.05) is 24.3 Å². The van der Waals surface area contributed by atoms with E-state index in [4.69, 9.17) is 4.74 Å². The number of aromatic nitrogens is 1. The maximum atomic E-state index is 12.2. The first kappa shape index (κ1) is 15.8. The number of para-hydroxylation sites is 1. The number of unbranched alkanes of at least 4 members (excludes halogenated alkanes) is 1. The maximum absolute atomic E-state index is 12.2. The summed E-state index contributed by atoms with van der Waals surface area (Å²) in [6.45, 7) is 3.07. The Labute approximate surface area is 130 Å². The molecule has 2 N–H and O–H groups in total. The standard InChI is InChI=1S/C17H21N3O2/c1-3-4-11-18-13-9-10-16(19-12-13)20-17(21)14-7-5-6-8-15(14)22-2/h5-10,12,18H,3-4,11H2,1-2H3,(H,19,20,21). The molecule has 0 fully saturated rings. The van der Waals surface area contributed by atoms with Gasteiger partial charge in [0.2, 0.25) is 0 Å². The first-order chi connectivity index (χ1) is 10.7. The molecule has 1 amide bonds. The van der Waals surface area contributed by atoms with E-state index in [0.29, 0.717) is 17.1 Å². The van der Waals surface area contributed by atoms with Crippen molar-refractivity contribution in [2.24, 2.45) is 0 Å². The molecule has 1 heterocycles. The van der Waals surface area contributed by atoms with Crippen molar-refractivity contribution < 1.29 is 9.53 Å². The van der Waals surface area contributed by atoms with Crippen LogP contribution in [0.15, 0.2) is 42.6 Å². The zero-order valence-corrected chi connectivity index (χ0v) is 12.9. The van der Waals surface area contributed by atoms with Crippen molar-refractivity contribution >= 4 is 17.4 Å². The highest BCUT2D eigenvalue weighted by Crippen LogP contribution is 2.19. The Balaban J connectivity index is 1.99. The number of anilines is 2. The first-order valence-corrected chi connectivity index (χ1v) is 7.39. The minimum Gasteiger partial charge on any atom is -0.496 e. The Morgan fingerprint density at radius 3 is 2.73 bits per heavy atom. The van der Waals surface area contributed by atoms with E-state index in [2.05, 4.69) is 22.5 Å². The number of pyridine rings is 1. The summed E-state index contributed by atoms with van der Waals surface area (Å²) in [5, 5.41) is 6.05. The monoisotopic (exact) mass is 299 g/mol. The molecule has 0 radical (unpaired) electrons. The smallest absolute Gasteiger partial charge is 0.260 e. The summed E-state index contributed by atoms with van der Waals surface area (Å²) in [7, 11) is 1.54. The third kappa shape index (κ3) is 4.22. The number of amides is 1. The summed E-state index contributed by atoms with van der Waals surface area (Å²) in [4.78, 5) is 16.5. The van der Waals surface area contributed by atoms with E-state index in [1.807, 2.05) is 12.1 Å². The van der Waals surface area contributed by atoms with Crippen LogP contribution in [0.1, 0.15) is 30.1 Å². The molecule has 0 unspecified atom stereocenters. The number of hydrogen-bond donors (Lipinski definition) is 2. The number of rotatable bonds is 7. The SMILES string of the molecule is CCCCNc1ccc(NC(=O)c2ccccc2OC)nc1. The number of nitrogens with one attached hydrogen (secondary N) is 2. The van der Waals surface area contributed by atoms with Crippen molar-refractivity contribution in [3.63, 3.8) is 0 Å². The minimum absolute atomic E-state index is 0.239. The van der Waals surface area contributed by atoms with Crippen LogP contribution in [0.5, 0.6) is 5.75 Å². The highest BCUT2D eigenvalue weighted by Gasteiger charge is 2.11. The second-order valence-corrected chi connectivity index (χ2v) is 4.87. The Bertz CT molecular complexity index is 612. The summed E-state index contributed by atoms with van der Waals surface area (Å²) >= 11 is 0. The molecule has 0 aliphatic heterocycles. The molecule has 0 atom stereocenters. The van der Waals surface area contributed by atoms with Gasteiger partial charge in [-0.15, -0.1) is 0 Å². The lowest BCUT2D eigenvalue weighted by Gasteiger charge is -2.09. The number of ether oxygens (including phenoxy) is 1. The fourth-order valence-electron chi connectivity index (χ4n) is 2.00. The molecule has 0 spiro atoms. The van der Waals surface area contributed by atoms with Crippen LogP contribution in [0.25, 0.3) is 0 Å². The number of nitrogens with zero attached hydrogens (tertiary/aromatic N) is 1. The third-order valence-corrected chi connectivity index (χ3v) is 3.22. The highest BCUT2D eigenvalue weighted by atomic mass is 16.5. The highest BCUT2D eigenvalue weighted by molar-refractivity contribution is 6.05. The van der Waals surface area contributed by atoms with E-state index in [1.165, 1.54) is 0 Å². The second-order valence-electron chi connectivity index (χ2n) is 4.87. The molecular formula is C17H21N3O2. The second kappa shape index (κ2) is 8.02. The van der Waals surface area contributed by atoms with Gasteiger partial charge in [-0.1, -0.05) is 25.5 Å². The average molecular weight is 299 g/mol. The molecule has 22 heavy (non-hydrogen) atoms. The number of benzene rings is 1. The third-order valence-electron chi connectivity index (χ3n) is 3.22. The molecule has 1 aromatic carbocycles. The van der Waals surface area contributed by atoms with Crippen molar-refractivity contribution in [3.8, 4) is 5.75 Å². The van der Waals surface area contributed by atoms with Crippen LogP contribution in [-0.4, -0.2) is 24.5 Å². The van der Waals surface area contributed by atoms with E-state index in [9.17, 15) is 4.79 Å².